The fraction of sp³-hybridized carbons (Fsp3) is 0.365. The fourth-order valence-electron chi connectivity index (χ4n) is 9.62. The molecule has 63 heavy (non-hydrogen) atoms. The summed E-state index contributed by atoms with van der Waals surface area (Å²) in [5.74, 6) is -1.78. The normalized spacial score (nSPS) is 22.7. The zero-order valence-corrected chi connectivity index (χ0v) is 35.6. The highest BCUT2D eigenvalue weighted by molar-refractivity contribution is 6.03. The van der Waals surface area contributed by atoms with Gasteiger partial charge in [0.1, 0.15) is 36.6 Å². The van der Waals surface area contributed by atoms with E-state index in [2.05, 4.69) is 25.3 Å². The number of benzene rings is 4. The lowest BCUT2D eigenvalue weighted by Crippen LogP contribution is -2.70. The Morgan fingerprint density at radius 2 is 1.65 bits per heavy atom. The molecule has 0 radical (unpaired) electrons. The van der Waals surface area contributed by atoms with Crippen molar-refractivity contribution in [1.29, 1.82) is 5.26 Å². The van der Waals surface area contributed by atoms with Gasteiger partial charge in [-0.3, -0.25) is 4.79 Å². The lowest BCUT2D eigenvalue weighted by atomic mass is 9.55. The highest BCUT2D eigenvalue weighted by atomic mass is 19.1. The number of unbranched alkanes of at least 4 members (excludes halogenated alkanes) is 2. The van der Waals surface area contributed by atoms with Gasteiger partial charge in [0, 0.05) is 43.2 Å². The van der Waals surface area contributed by atoms with Crippen LogP contribution < -0.4 is 9.47 Å². The number of nitrogens with zero attached hydrogens (tertiary/aromatic N) is 3. The third kappa shape index (κ3) is 10.1. The Balaban J connectivity index is 1.48. The zero-order valence-electron chi connectivity index (χ0n) is 35.6. The Morgan fingerprint density at radius 3 is 2.35 bits per heavy atom. The second-order valence-corrected chi connectivity index (χ2v) is 16.4. The van der Waals surface area contributed by atoms with Gasteiger partial charge in [-0.2, -0.15) is 5.26 Å². The summed E-state index contributed by atoms with van der Waals surface area (Å²) < 4.78 is 35.0. The molecule has 4 aromatic rings. The number of rotatable bonds is 21. The smallest absolute Gasteiger partial charge is 0.254 e. The summed E-state index contributed by atoms with van der Waals surface area (Å²) in [6, 6.07) is 29.5. The number of nitriles is 1. The third-order valence-electron chi connectivity index (χ3n) is 12.4. The second kappa shape index (κ2) is 21.3. The molecule has 328 valence electrons. The standard InChI is InChI=1S/C52H56FN3O7/c1-3-28-60-42-24-25-47-45(31-42)49-43(15-9-11-27-58)40(14-8-10-26-57)30-44-46(55-62-35-38-12-6-5-7-13-38)32-48(52(63-47,50(44)49)61-29-4-2)56(34-37-18-22-41(53)23-19-37)51(59)39-20-16-36(33-54)17-21-39/h3-7,12-13,16-25,30-31,40,43,48-50,57-58H,1-2,8-11,14-15,26-29,32,34-35H2. The van der Waals surface area contributed by atoms with E-state index in [1.54, 1.807) is 53.5 Å². The molecule has 3 aliphatic rings. The summed E-state index contributed by atoms with van der Waals surface area (Å²) in [5, 5.41) is 34.5. The van der Waals surface area contributed by atoms with Crippen LogP contribution in [-0.2, 0) is 22.7 Å². The van der Waals surface area contributed by atoms with Crippen molar-refractivity contribution in [3.63, 3.8) is 0 Å². The first-order valence-electron chi connectivity index (χ1n) is 21.9. The van der Waals surface area contributed by atoms with E-state index in [9.17, 15) is 19.9 Å². The van der Waals surface area contributed by atoms with Crippen molar-refractivity contribution in [2.45, 2.75) is 75.8 Å². The molecule has 6 atom stereocenters. The first kappa shape index (κ1) is 45.0. The van der Waals surface area contributed by atoms with Crippen molar-refractivity contribution in [2.24, 2.45) is 22.9 Å². The van der Waals surface area contributed by atoms with Crippen molar-refractivity contribution < 1.29 is 38.4 Å². The molecule has 6 unspecified atom stereocenters. The molecule has 1 aliphatic heterocycles. The molecule has 1 amide bonds. The van der Waals surface area contributed by atoms with E-state index in [0.29, 0.717) is 53.3 Å². The monoisotopic (exact) mass is 853 g/mol. The van der Waals surface area contributed by atoms with Crippen LogP contribution in [0.1, 0.15) is 83.5 Å². The van der Waals surface area contributed by atoms with Crippen LogP contribution in [-0.4, -0.2) is 65.0 Å². The van der Waals surface area contributed by atoms with Crippen molar-refractivity contribution in [1.82, 2.24) is 4.90 Å². The van der Waals surface area contributed by atoms with Gasteiger partial charge in [-0.1, -0.05) is 85.3 Å². The summed E-state index contributed by atoms with van der Waals surface area (Å²) in [4.78, 5) is 23.2. The lowest BCUT2D eigenvalue weighted by molar-refractivity contribution is -0.255. The summed E-state index contributed by atoms with van der Waals surface area (Å²) >= 11 is 0. The number of oxime groups is 1. The first-order chi connectivity index (χ1) is 30.8. The molecule has 1 heterocycles. The lowest BCUT2D eigenvalue weighted by Gasteiger charge is -2.60. The Labute approximate surface area is 369 Å². The fourth-order valence-corrected chi connectivity index (χ4v) is 9.62. The van der Waals surface area contributed by atoms with Gasteiger partial charge in [-0.15, -0.1) is 6.58 Å². The molecule has 4 aromatic carbocycles. The number of ether oxygens (including phenoxy) is 3. The highest BCUT2D eigenvalue weighted by Gasteiger charge is 2.65. The van der Waals surface area contributed by atoms with Gasteiger partial charge >= 0.3 is 0 Å². The summed E-state index contributed by atoms with van der Waals surface area (Å²) in [6.07, 6.45) is 10.3. The molecular weight excluding hydrogens is 798 g/mol. The zero-order chi connectivity index (χ0) is 44.2. The van der Waals surface area contributed by atoms with Crippen LogP contribution in [0.4, 0.5) is 4.39 Å². The molecule has 0 bridgehead atoms. The maximum absolute atomic E-state index is 15.3. The number of aliphatic hydroxyl groups excluding tert-OH is 2. The topological polar surface area (TPSA) is 134 Å². The van der Waals surface area contributed by atoms with Crippen LogP contribution in [0, 0.1) is 34.9 Å². The van der Waals surface area contributed by atoms with Crippen LogP contribution >= 0.6 is 0 Å². The van der Waals surface area contributed by atoms with Gasteiger partial charge in [0.05, 0.1) is 29.9 Å². The van der Waals surface area contributed by atoms with Gasteiger partial charge < -0.3 is 34.2 Å². The molecule has 0 spiro atoms. The van der Waals surface area contributed by atoms with Crippen molar-refractivity contribution in [2.75, 3.05) is 26.4 Å². The number of amides is 1. The first-order valence-corrected chi connectivity index (χ1v) is 21.9. The number of carbonyl (C=O) groups is 1. The van der Waals surface area contributed by atoms with Crippen molar-refractivity contribution in [3.05, 3.63) is 168 Å². The third-order valence-corrected chi connectivity index (χ3v) is 12.4. The average Bonchev–Trinajstić information content (AvgIpc) is 3.31. The van der Waals surface area contributed by atoms with Crippen LogP contribution in [0.15, 0.2) is 139 Å². The van der Waals surface area contributed by atoms with Crippen LogP contribution in [0.2, 0.25) is 0 Å². The SMILES string of the molecule is C=CCOc1ccc2c(c1)C1C(CCCCO)C(CCCCO)C=C3C(=NOCc4ccccc4)CC(N(Cc4ccc(F)cc4)C(=O)c4ccc(C#N)cc4)C(OCC=C)(O2)C31. The van der Waals surface area contributed by atoms with E-state index in [-0.39, 0.29) is 63.1 Å². The minimum Gasteiger partial charge on any atom is -0.490 e. The van der Waals surface area contributed by atoms with Gasteiger partial charge in [0.15, 0.2) is 0 Å². The summed E-state index contributed by atoms with van der Waals surface area (Å²) in [5.41, 5.74) is 4.86. The highest BCUT2D eigenvalue weighted by Crippen LogP contribution is 2.62. The van der Waals surface area contributed by atoms with Gasteiger partial charge in [0.25, 0.3) is 5.91 Å². The Kier molecular flexibility index (Phi) is 15.2. The molecule has 0 saturated heterocycles. The Bertz CT molecular complexity index is 2290. The second-order valence-electron chi connectivity index (χ2n) is 16.4. The molecule has 1 saturated carbocycles. The summed E-state index contributed by atoms with van der Waals surface area (Å²) in [6.45, 7) is 8.71. The molecule has 1 fully saturated rings. The van der Waals surface area contributed by atoms with E-state index in [1.807, 2.05) is 48.5 Å². The molecule has 2 aliphatic carbocycles. The number of carbonyl (C=O) groups excluding carboxylic acids is 1. The molecule has 0 aromatic heterocycles. The van der Waals surface area contributed by atoms with Crippen molar-refractivity contribution >= 4 is 11.6 Å². The Morgan fingerprint density at radius 1 is 0.921 bits per heavy atom. The largest absolute Gasteiger partial charge is 0.490 e. The summed E-state index contributed by atoms with van der Waals surface area (Å²) in [7, 11) is 0. The molecule has 2 N–H and O–H groups in total. The van der Waals surface area contributed by atoms with E-state index in [1.165, 1.54) is 12.1 Å². The number of allylic oxidation sites excluding steroid dienone is 1. The maximum Gasteiger partial charge on any atom is 0.254 e. The van der Waals surface area contributed by atoms with Crippen LogP contribution in [0.5, 0.6) is 11.5 Å². The van der Waals surface area contributed by atoms with E-state index in [4.69, 9.17) is 24.2 Å². The predicted molar refractivity (Wildman–Crippen MR) is 239 cm³/mol. The molecule has 11 heteroatoms. The minimum atomic E-state index is -1.52. The minimum absolute atomic E-state index is 0.0121. The maximum atomic E-state index is 15.3. The molecular formula is C52H56FN3O7. The number of fused-ring (bicyclic) bond motifs is 2. The van der Waals surface area contributed by atoms with Gasteiger partial charge in [0.2, 0.25) is 5.79 Å². The van der Waals surface area contributed by atoms with Crippen LogP contribution in [0.25, 0.3) is 0 Å². The number of aliphatic hydroxyl groups is 2. The van der Waals surface area contributed by atoms with E-state index < -0.39 is 23.6 Å². The predicted octanol–water partition coefficient (Wildman–Crippen LogP) is 9.44. The number of hydrogen-bond acceptors (Lipinski definition) is 9. The van der Waals surface area contributed by atoms with Crippen LogP contribution in [0.3, 0.4) is 0 Å². The van der Waals surface area contributed by atoms with Gasteiger partial charge in [-0.05, 0) is 109 Å². The molecule has 7 rings (SSSR count). The van der Waals surface area contributed by atoms with E-state index in [0.717, 1.165) is 42.4 Å². The Hall–Kier alpha value is -6.06. The number of halogens is 1. The quantitative estimate of drug-likeness (QED) is 0.0481. The molecule has 10 nitrogen and oxygen atoms in total. The average molecular weight is 854 g/mol. The van der Waals surface area contributed by atoms with Gasteiger partial charge in [-0.25, -0.2) is 4.39 Å². The number of hydrogen-bond donors (Lipinski definition) is 2. The van der Waals surface area contributed by atoms with Crippen molar-refractivity contribution in [3.8, 4) is 17.6 Å². The van der Waals surface area contributed by atoms with E-state index >= 15 is 4.79 Å².